The van der Waals surface area contributed by atoms with E-state index in [1.54, 1.807) is 6.21 Å². The molecule has 3 aromatic rings. The highest BCUT2D eigenvalue weighted by molar-refractivity contribution is 9.10. The van der Waals surface area contributed by atoms with Gasteiger partial charge >= 0.3 is 0 Å². The first-order valence-electron chi connectivity index (χ1n) is 12.4. The van der Waals surface area contributed by atoms with Crippen LogP contribution in [0, 0.1) is 0 Å². The Morgan fingerprint density at radius 3 is 2.63 bits per heavy atom. The Hall–Kier alpha value is -2.93. The van der Waals surface area contributed by atoms with Crippen LogP contribution in [0.3, 0.4) is 0 Å². The van der Waals surface area contributed by atoms with Gasteiger partial charge in [-0.25, -0.2) is 4.98 Å². The standard InChI is InChI=1S/C28H32BrN3O3/c1-4-10-21-15-19(16-25(34-5-2)26(21)35-6-3)18-30-32-27(20-11-8-7-9-12-20)31-24-14-13-22(29)17-23(24)28(32)33/h4,13-18,20H,1,5-12H2,2-3H3. The van der Waals surface area contributed by atoms with Crippen LogP contribution in [0.15, 0.2) is 57.4 Å². The molecule has 184 valence electrons. The van der Waals surface area contributed by atoms with Crippen molar-refractivity contribution in [1.29, 1.82) is 0 Å². The monoisotopic (exact) mass is 537 g/mol. The molecular weight excluding hydrogens is 506 g/mol. The Bertz CT molecular complexity index is 1290. The SMILES string of the molecule is C=CCc1cc(C=Nn2c(C3CCCCC3)nc3ccc(Br)cc3c2=O)cc(OCC)c1OCC. The lowest BCUT2D eigenvalue weighted by atomic mass is 9.88. The van der Waals surface area contributed by atoms with Crippen LogP contribution in [0.25, 0.3) is 10.9 Å². The summed E-state index contributed by atoms with van der Waals surface area (Å²) in [5.41, 5.74) is 2.34. The molecule has 2 aromatic carbocycles. The van der Waals surface area contributed by atoms with Crippen molar-refractivity contribution in [2.75, 3.05) is 13.2 Å². The summed E-state index contributed by atoms with van der Waals surface area (Å²) >= 11 is 3.48. The highest BCUT2D eigenvalue weighted by atomic mass is 79.9. The van der Waals surface area contributed by atoms with Crippen molar-refractivity contribution in [1.82, 2.24) is 9.66 Å². The minimum absolute atomic E-state index is 0.157. The maximum atomic E-state index is 13.6. The molecule has 4 rings (SSSR count). The molecular formula is C28H32BrN3O3. The summed E-state index contributed by atoms with van der Waals surface area (Å²) in [7, 11) is 0. The number of allylic oxidation sites excluding steroid dienone is 1. The van der Waals surface area contributed by atoms with E-state index in [-0.39, 0.29) is 11.5 Å². The van der Waals surface area contributed by atoms with Gasteiger partial charge in [-0.05, 0) is 69.0 Å². The van der Waals surface area contributed by atoms with Gasteiger partial charge in [0.25, 0.3) is 5.56 Å². The number of hydrogen-bond acceptors (Lipinski definition) is 5. The largest absolute Gasteiger partial charge is 0.490 e. The van der Waals surface area contributed by atoms with Gasteiger partial charge in [-0.3, -0.25) is 4.79 Å². The second-order valence-electron chi connectivity index (χ2n) is 8.69. The predicted octanol–water partition coefficient (Wildman–Crippen LogP) is 6.61. The summed E-state index contributed by atoms with van der Waals surface area (Å²) in [4.78, 5) is 18.5. The summed E-state index contributed by atoms with van der Waals surface area (Å²) in [6.07, 6.45) is 9.73. The Morgan fingerprint density at radius 1 is 1.14 bits per heavy atom. The van der Waals surface area contributed by atoms with E-state index in [1.165, 1.54) is 11.1 Å². The van der Waals surface area contributed by atoms with E-state index in [2.05, 4.69) is 27.6 Å². The molecule has 1 aliphatic rings. The summed E-state index contributed by atoms with van der Waals surface area (Å²) in [5.74, 6) is 2.35. The summed E-state index contributed by atoms with van der Waals surface area (Å²) in [6.45, 7) is 8.83. The van der Waals surface area contributed by atoms with E-state index in [1.807, 2.05) is 50.3 Å². The molecule has 1 fully saturated rings. The average Bonchev–Trinajstić information content (AvgIpc) is 2.86. The molecule has 1 saturated carbocycles. The molecule has 0 unspecified atom stereocenters. The van der Waals surface area contributed by atoms with Crippen molar-refractivity contribution in [3.05, 3.63) is 74.8 Å². The number of nitrogens with zero attached hydrogens (tertiary/aromatic N) is 3. The van der Waals surface area contributed by atoms with Gasteiger partial charge in [0.2, 0.25) is 0 Å². The first kappa shape index (κ1) is 25.2. The smallest absolute Gasteiger partial charge is 0.282 e. The Kier molecular flexibility index (Phi) is 8.39. The minimum Gasteiger partial charge on any atom is -0.490 e. The van der Waals surface area contributed by atoms with E-state index in [4.69, 9.17) is 14.5 Å². The maximum absolute atomic E-state index is 13.6. The van der Waals surface area contributed by atoms with Gasteiger partial charge in [0.05, 0.1) is 30.3 Å². The lowest BCUT2D eigenvalue weighted by Crippen LogP contribution is -2.25. The second kappa shape index (κ2) is 11.7. The molecule has 0 aliphatic heterocycles. The van der Waals surface area contributed by atoms with Crippen molar-refractivity contribution in [2.24, 2.45) is 5.10 Å². The zero-order valence-electron chi connectivity index (χ0n) is 20.4. The van der Waals surface area contributed by atoms with Crippen LogP contribution in [-0.4, -0.2) is 29.1 Å². The average molecular weight is 538 g/mol. The lowest BCUT2D eigenvalue weighted by Gasteiger charge is -2.22. The molecule has 0 spiro atoms. The number of aromatic nitrogens is 2. The maximum Gasteiger partial charge on any atom is 0.282 e. The molecule has 0 amide bonds. The van der Waals surface area contributed by atoms with Gasteiger partial charge in [0.15, 0.2) is 11.5 Å². The molecule has 0 N–H and O–H groups in total. The fourth-order valence-electron chi connectivity index (χ4n) is 4.66. The zero-order chi connectivity index (χ0) is 24.8. The molecule has 0 saturated heterocycles. The van der Waals surface area contributed by atoms with Crippen LogP contribution in [0.2, 0.25) is 0 Å². The molecule has 35 heavy (non-hydrogen) atoms. The number of benzene rings is 2. The van der Waals surface area contributed by atoms with Gasteiger partial charge in [-0.1, -0.05) is 41.3 Å². The number of halogens is 1. The van der Waals surface area contributed by atoms with Crippen molar-refractivity contribution in [2.45, 2.75) is 58.3 Å². The van der Waals surface area contributed by atoms with Crippen LogP contribution in [0.5, 0.6) is 11.5 Å². The quantitative estimate of drug-likeness (QED) is 0.227. The Balaban J connectivity index is 1.84. The van der Waals surface area contributed by atoms with Crippen molar-refractivity contribution in [3.63, 3.8) is 0 Å². The third-order valence-corrected chi connectivity index (χ3v) is 6.73. The zero-order valence-corrected chi connectivity index (χ0v) is 22.0. The molecule has 7 heteroatoms. The Labute approximate surface area is 214 Å². The van der Waals surface area contributed by atoms with E-state index >= 15 is 0 Å². The van der Waals surface area contributed by atoms with E-state index in [9.17, 15) is 4.79 Å². The van der Waals surface area contributed by atoms with Crippen molar-refractivity contribution < 1.29 is 9.47 Å². The lowest BCUT2D eigenvalue weighted by molar-refractivity contribution is 0.285. The van der Waals surface area contributed by atoms with E-state index in [0.717, 1.165) is 52.9 Å². The fraction of sp³-hybridized carbons (Fsp3) is 0.393. The number of hydrogen-bond donors (Lipinski definition) is 0. The normalized spacial score (nSPS) is 14.5. The number of fused-ring (bicyclic) bond motifs is 1. The third-order valence-electron chi connectivity index (χ3n) is 6.23. The first-order chi connectivity index (χ1) is 17.0. The molecule has 1 aromatic heterocycles. The van der Waals surface area contributed by atoms with E-state index in [0.29, 0.717) is 36.3 Å². The van der Waals surface area contributed by atoms with Crippen LogP contribution >= 0.6 is 15.9 Å². The topological polar surface area (TPSA) is 65.7 Å². The fourth-order valence-corrected chi connectivity index (χ4v) is 5.02. The molecule has 1 aliphatic carbocycles. The van der Waals surface area contributed by atoms with Gasteiger partial charge < -0.3 is 9.47 Å². The third kappa shape index (κ3) is 5.67. The molecule has 0 bridgehead atoms. The van der Waals surface area contributed by atoms with Gasteiger partial charge in [0.1, 0.15) is 5.82 Å². The van der Waals surface area contributed by atoms with Crippen molar-refractivity contribution >= 4 is 33.0 Å². The van der Waals surface area contributed by atoms with Gasteiger partial charge in [-0.15, -0.1) is 6.58 Å². The summed E-state index contributed by atoms with van der Waals surface area (Å²) in [6, 6.07) is 9.54. The summed E-state index contributed by atoms with van der Waals surface area (Å²) in [5, 5.41) is 5.23. The van der Waals surface area contributed by atoms with Gasteiger partial charge in [-0.2, -0.15) is 9.78 Å². The first-order valence-corrected chi connectivity index (χ1v) is 13.1. The molecule has 6 nitrogen and oxygen atoms in total. The van der Waals surface area contributed by atoms with Crippen LogP contribution in [0.4, 0.5) is 0 Å². The van der Waals surface area contributed by atoms with Crippen LogP contribution in [-0.2, 0) is 6.42 Å². The number of ether oxygens (including phenoxy) is 2. The minimum atomic E-state index is -0.157. The summed E-state index contributed by atoms with van der Waals surface area (Å²) < 4.78 is 14.1. The predicted molar refractivity (Wildman–Crippen MR) is 145 cm³/mol. The molecule has 1 heterocycles. The van der Waals surface area contributed by atoms with Gasteiger partial charge in [0, 0.05) is 16.0 Å². The van der Waals surface area contributed by atoms with Crippen LogP contribution in [0.1, 0.15) is 68.8 Å². The number of rotatable bonds is 9. The second-order valence-corrected chi connectivity index (χ2v) is 9.61. The van der Waals surface area contributed by atoms with Crippen molar-refractivity contribution in [3.8, 4) is 11.5 Å². The van der Waals surface area contributed by atoms with E-state index < -0.39 is 0 Å². The van der Waals surface area contributed by atoms with Crippen LogP contribution < -0.4 is 15.0 Å². The molecule has 0 radical (unpaired) electrons. The molecule has 0 atom stereocenters. The highest BCUT2D eigenvalue weighted by Gasteiger charge is 2.22. The highest BCUT2D eigenvalue weighted by Crippen LogP contribution is 2.34. The Morgan fingerprint density at radius 2 is 1.91 bits per heavy atom.